The molecule has 0 aromatic heterocycles. The van der Waals surface area contributed by atoms with Crippen LogP contribution < -0.4 is 4.74 Å². The average molecular weight is 315 g/mol. The first-order valence-electron chi connectivity index (χ1n) is 6.05. The van der Waals surface area contributed by atoms with Gasteiger partial charge in [0.25, 0.3) is 0 Å². The summed E-state index contributed by atoms with van der Waals surface area (Å²) in [6.45, 7) is 0.0631. The maximum Gasteiger partial charge on any atom is 0.126 e. The van der Waals surface area contributed by atoms with Gasteiger partial charge in [-0.3, -0.25) is 0 Å². The Balaban J connectivity index is 1.90. The molecule has 20 heavy (non-hydrogen) atoms. The number of rotatable bonds is 5. The van der Waals surface area contributed by atoms with Gasteiger partial charge in [0.1, 0.15) is 18.2 Å². The van der Waals surface area contributed by atoms with Gasteiger partial charge in [0, 0.05) is 16.5 Å². The predicted octanol–water partition coefficient (Wildman–Crippen LogP) is 4.11. The Morgan fingerprint density at radius 3 is 2.40 bits per heavy atom. The molecule has 0 radical (unpaired) electrons. The molecule has 106 valence electrons. The zero-order valence-corrected chi connectivity index (χ0v) is 12.0. The molecular formula is C15H13Cl2FO2. The summed E-state index contributed by atoms with van der Waals surface area (Å²) in [7, 11) is 0. The lowest BCUT2D eigenvalue weighted by molar-refractivity contribution is 0.107. The van der Waals surface area contributed by atoms with Crippen LogP contribution in [-0.2, 0) is 6.42 Å². The number of hydrogen-bond donors (Lipinski definition) is 1. The fourth-order valence-electron chi connectivity index (χ4n) is 1.74. The zero-order valence-electron chi connectivity index (χ0n) is 10.5. The summed E-state index contributed by atoms with van der Waals surface area (Å²) in [4.78, 5) is 0. The van der Waals surface area contributed by atoms with Crippen LogP contribution in [0.15, 0.2) is 42.5 Å². The van der Waals surface area contributed by atoms with Gasteiger partial charge in [0.05, 0.1) is 6.10 Å². The highest BCUT2D eigenvalue weighted by Gasteiger charge is 2.11. The minimum absolute atomic E-state index is 0.0631. The second-order valence-electron chi connectivity index (χ2n) is 4.36. The van der Waals surface area contributed by atoms with E-state index in [1.807, 2.05) is 0 Å². The molecule has 0 aliphatic heterocycles. The minimum atomic E-state index is -0.821. The van der Waals surface area contributed by atoms with E-state index in [1.54, 1.807) is 24.3 Å². The third-order valence-corrected chi connectivity index (χ3v) is 3.21. The van der Waals surface area contributed by atoms with E-state index in [2.05, 4.69) is 0 Å². The van der Waals surface area contributed by atoms with Crippen molar-refractivity contribution in [2.75, 3.05) is 6.61 Å². The lowest BCUT2D eigenvalue weighted by Gasteiger charge is -2.13. The molecule has 0 spiro atoms. The largest absolute Gasteiger partial charge is 0.491 e. The maximum atomic E-state index is 13.5. The van der Waals surface area contributed by atoms with E-state index in [-0.39, 0.29) is 18.8 Å². The Bertz CT molecular complexity index is 573. The summed E-state index contributed by atoms with van der Waals surface area (Å²) in [6.07, 6.45) is -0.682. The van der Waals surface area contributed by atoms with E-state index < -0.39 is 6.10 Å². The number of ether oxygens (including phenoxy) is 1. The highest BCUT2D eigenvalue weighted by atomic mass is 35.5. The molecule has 2 aromatic carbocycles. The monoisotopic (exact) mass is 314 g/mol. The Morgan fingerprint density at radius 1 is 1.05 bits per heavy atom. The van der Waals surface area contributed by atoms with E-state index in [0.717, 1.165) is 0 Å². The van der Waals surface area contributed by atoms with Crippen LogP contribution >= 0.6 is 23.2 Å². The summed E-state index contributed by atoms with van der Waals surface area (Å²) in [5.74, 6) is 0.208. The number of benzene rings is 2. The molecule has 1 unspecified atom stereocenters. The van der Waals surface area contributed by atoms with Crippen LogP contribution in [0.25, 0.3) is 0 Å². The Kier molecular flexibility index (Phi) is 5.24. The van der Waals surface area contributed by atoms with E-state index in [1.165, 1.54) is 18.2 Å². The molecule has 2 rings (SSSR count). The van der Waals surface area contributed by atoms with E-state index in [4.69, 9.17) is 27.9 Å². The van der Waals surface area contributed by atoms with Crippen LogP contribution in [0.3, 0.4) is 0 Å². The second kappa shape index (κ2) is 6.93. The summed E-state index contributed by atoms with van der Waals surface area (Å²) in [5.41, 5.74) is 0.365. The van der Waals surface area contributed by atoms with Crippen molar-refractivity contribution in [1.29, 1.82) is 0 Å². The first-order valence-corrected chi connectivity index (χ1v) is 6.80. The third-order valence-electron chi connectivity index (χ3n) is 2.72. The first-order chi connectivity index (χ1) is 9.54. The smallest absolute Gasteiger partial charge is 0.126 e. The van der Waals surface area contributed by atoms with Gasteiger partial charge < -0.3 is 9.84 Å². The standard InChI is InChI=1S/C15H13Cl2FO2/c16-11-1-4-14(5-2-11)20-9-13(19)8-10-7-12(17)3-6-15(10)18/h1-7,13,19H,8-9H2. The van der Waals surface area contributed by atoms with Crippen LogP contribution in [0.2, 0.25) is 10.0 Å². The number of aliphatic hydroxyl groups excluding tert-OH is 1. The fourth-order valence-corrected chi connectivity index (χ4v) is 2.06. The topological polar surface area (TPSA) is 29.5 Å². The van der Waals surface area contributed by atoms with Crippen LogP contribution in [0.5, 0.6) is 5.75 Å². The molecule has 0 aliphatic rings. The van der Waals surface area contributed by atoms with Gasteiger partial charge in [0.15, 0.2) is 0 Å². The molecular weight excluding hydrogens is 302 g/mol. The number of halogens is 3. The lowest BCUT2D eigenvalue weighted by Crippen LogP contribution is -2.20. The summed E-state index contributed by atoms with van der Waals surface area (Å²) >= 11 is 11.6. The van der Waals surface area contributed by atoms with Gasteiger partial charge in [0.2, 0.25) is 0 Å². The van der Waals surface area contributed by atoms with Crippen molar-refractivity contribution >= 4 is 23.2 Å². The Morgan fingerprint density at radius 2 is 1.70 bits per heavy atom. The van der Waals surface area contributed by atoms with Crippen LogP contribution in [0, 0.1) is 5.82 Å². The summed E-state index contributed by atoms with van der Waals surface area (Å²) < 4.78 is 18.9. The molecule has 0 fully saturated rings. The molecule has 0 bridgehead atoms. The Hall–Kier alpha value is -1.29. The SMILES string of the molecule is OC(COc1ccc(Cl)cc1)Cc1cc(Cl)ccc1F. The summed E-state index contributed by atoms with van der Waals surface area (Å²) in [6, 6.07) is 11.0. The van der Waals surface area contributed by atoms with E-state index in [9.17, 15) is 9.50 Å². The van der Waals surface area contributed by atoms with Gasteiger partial charge in [-0.25, -0.2) is 4.39 Å². The fraction of sp³-hybridized carbons (Fsp3) is 0.200. The van der Waals surface area contributed by atoms with Gasteiger partial charge in [-0.15, -0.1) is 0 Å². The normalized spacial score (nSPS) is 12.2. The van der Waals surface area contributed by atoms with Crippen LogP contribution in [-0.4, -0.2) is 17.8 Å². The van der Waals surface area contributed by atoms with Crippen molar-refractivity contribution in [3.63, 3.8) is 0 Å². The highest BCUT2D eigenvalue weighted by molar-refractivity contribution is 6.30. The molecule has 5 heteroatoms. The Labute approximate surface area is 126 Å². The molecule has 2 nitrogen and oxygen atoms in total. The maximum absolute atomic E-state index is 13.5. The lowest BCUT2D eigenvalue weighted by atomic mass is 10.1. The third kappa shape index (κ3) is 4.37. The average Bonchev–Trinajstić information content (AvgIpc) is 2.42. The van der Waals surface area contributed by atoms with Crippen molar-refractivity contribution in [3.8, 4) is 5.75 Å². The minimum Gasteiger partial charge on any atom is -0.491 e. The second-order valence-corrected chi connectivity index (χ2v) is 5.23. The number of hydrogen-bond acceptors (Lipinski definition) is 2. The van der Waals surface area contributed by atoms with Crippen molar-refractivity contribution in [2.24, 2.45) is 0 Å². The van der Waals surface area contributed by atoms with Crippen molar-refractivity contribution in [3.05, 3.63) is 63.9 Å². The van der Waals surface area contributed by atoms with Crippen LogP contribution in [0.4, 0.5) is 4.39 Å². The summed E-state index contributed by atoms with van der Waals surface area (Å²) in [5, 5.41) is 10.9. The highest BCUT2D eigenvalue weighted by Crippen LogP contribution is 2.18. The molecule has 0 heterocycles. The molecule has 0 saturated carbocycles. The molecule has 1 atom stereocenters. The molecule has 0 saturated heterocycles. The van der Waals surface area contributed by atoms with Crippen LogP contribution in [0.1, 0.15) is 5.56 Å². The zero-order chi connectivity index (χ0) is 14.5. The molecule has 2 aromatic rings. The molecule has 1 N–H and O–H groups in total. The van der Waals surface area contributed by atoms with Gasteiger partial charge in [-0.05, 0) is 48.0 Å². The quantitative estimate of drug-likeness (QED) is 0.899. The molecule has 0 amide bonds. The first kappa shape index (κ1) is 15.1. The molecule has 0 aliphatic carbocycles. The number of aliphatic hydroxyl groups is 1. The van der Waals surface area contributed by atoms with Crippen molar-refractivity contribution < 1.29 is 14.2 Å². The van der Waals surface area contributed by atoms with Gasteiger partial charge in [-0.2, -0.15) is 0 Å². The van der Waals surface area contributed by atoms with Crippen molar-refractivity contribution in [1.82, 2.24) is 0 Å². The van der Waals surface area contributed by atoms with E-state index >= 15 is 0 Å². The van der Waals surface area contributed by atoms with Gasteiger partial charge >= 0.3 is 0 Å². The van der Waals surface area contributed by atoms with E-state index in [0.29, 0.717) is 21.4 Å². The van der Waals surface area contributed by atoms with Crippen molar-refractivity contribution in [2.45, 2.75) is 12.5 Å². The van der Waals surface area contributed by atoms with Gasteiger partial charge in [-0.1, -0.05) is 23.2 Å². The predicted molar refractivity (Wildman–Crippen MR) is 78.1 cm³/mol.